The van der Waals surface area contributed by atoms with E-state index in [1.54, 1.807) is 12.1 Å². The SMILES string of the molecule is NC(=O)C1=Nc2cc(Br)cc(-c3ccc(F)cc3)c2SC1. The van der Waals surface area contributed by atoms with Gasteiger partial charge in [-0.25, -0.2) is 9.38 Å². The fourth-order valence-electron chi connectivity index (χ4n) is 2.10. The van der Waals surface area contributed by atoms with Crippen LogP contribution < -0.4 is 5.73 Å². The van der Waals surface area contributed by atoms with E-state index in [0.717, 1.165) is 20.5 Å². The van der Waals surface area contributed by atoms with Gasteiger partial charge in [0.25, 0.3) is 5.91 Å². The maximum absolute atomic E-state index is 13.1. The van der Waals surface area contributed by atoms with E-state index in [-0.39, 0.29) is 5.82 Å². The van der Waals surface area contributed by atoms with Gasteiger partial charge in [-0.2, -0.15) is 0 Å². The standard InChI is InChI=1S/C15H10BrFN2OS/c16-9-5-11(8-1-3-10(17)4-2-8)14-12(6-9)19-13(7-21-14)15(18)20/h1-6H,7H2,(H2,18,20). The number of nitrogens with two attached hydrogens (primary N) is 1. The van der Waals surface area contributed by atoms with Crippen LogP contribution in [0.15, 0.2) is 50.8 Å². The number of thioether (sulfide) groups is 1. The molecule has 1 aliphatic rings. The Hall–Kier alpha value is -1.66. The lowest BCUT2D eigenvalue weighted by molar-refractivity contribution is -0.112. The zero-order valence-corrected chi connectivity index (χ0v) is 13.2. The molecule has 0 spiro atoms. The van der Waals surface area contributed by atoms with Gasteiger partial charge in [-0.3, -0.25) is 4.79 Å². The Morgan fingerprint density at radius 3 is 2.67 bits per heavy atom. The quantitative estimate of drug-likeness (QED) is 0.877. The Morgan fingerprint density at radius 2 is 2.00 bits per heavy atom. The maximum atomic E-state index is 13.1. The van der Waals surface area contributed by atoms with Crippen LogP contribution >= 0.6 is 27.7 Å². The minimum absolute atomic E-state index is 0.274. The summed E-state index contributed by atoms with van der Waals surface area (Å²) in [6.07, 6.45) is 0. The van der Waals surface area contributed by atoms with E-state index in [2.05, 4.69) is 20.9 Å². The Morgan fingerprint density at radius 1 is 1.29 bits per heavy atom. The third-order valence-electron chi connectivity index (χ3n) is 3.08. The molecule has 2 aromatic carbocycles. The summed E-state index contributed by atoms with van der Waals surface area (Å²) in [7, 11) is 0. The van der Waals surface area contributed by atoms with E-state index in [9.17, 15) is 9.18 Å². The Bertz CT molecular complexity index is 759. The molecule has 3 rings (SSSR count). The van der Waals surface area contributed by atoms with Crippen molar-refractivity contribution in [1.82, 2.24) is 0 Å². The fraction of sp³-hybridized carbons (Fsp3) is 0.0667. The molecular weight excluding hydrogens is 355 g/mol. The van der Waals surface area contributed by atoms with Crippen molar-refractivity contribution in [3.8, 4) is 11.1 Å². The van der Waals surface area contributed by atoms with Crippen LogP contribution in [0.5, 0.6) is 0 Å². The molecule has 0 saturated carbocycles. The molecule has 0 bridgehead atoms. The largest absolute Gasteiger partial charge is 0.365 e. The topological polar surface area (TPSA) is 55.5 Å². The molecule has 2 N–H and O–H groups in total. The molecule has 0 saturated heterocycles. The molecule has 2 aromatic rings. The average Bonchev–Trinajstić information content (AvgIpc) is 2.46. The minimum atomic E-state index is -0.503. The number of amides is 1. The highest BCUT2D eigenvalue weighted by Gasteiger charge is 2.20. The van der Waals surface area contributed by atoms with E-state index >= 15 is 0 Å². The predicted octanol–water partition coefficient (Wildman–Crippen LogP) is 3.92. The van der Waals surface area contributed by atoms with Gasteiger partial charge in [0.1, 0.15) is 11.5 Å². The molecule has 0 atom stereocenters. The number of hydrogen-bond donors (Lipinski definition) is 1. The third kappa shape index (κ3) is 2.87. The number of halogens is 2. The smallest absolute Gasteiger partial charge is 0.263 e. The van der Waals surface area contributed by atoms with E-state index < -0.39 is 5.91 Å². The average molecular weight is 365 g/mol. The first kappa shape index (κ1) is 14.3. The first-order valence-corrected chi connectivity index (χ1v) is 7.92. The van der Waals surface area contributed by atoms with Crippen molar-refractivity contribution in [2.75, 3.05) is 5.75 Å². The lowest BCUT2D eigenvalue weighted by Crippen LogP contribution is -2.26. The number of aliphatic imine (C=N–C) groups is 1. The summed E-state index contributed by atoms with van der Waals surface area (Å²) in [5, 5.41) is 0. The number of hydrogen-bond acceptors (Lipinski definition) is 3. The molecular formula is C15H10BrFN2OS. The molecule has 6 heteroatoms. The van der Waals surface area contributed by atoms with Crippen molar-refractivity contribution in [1.29, 1.82) is 0 Å². The van der Waals surface area contributed by atoms with Crippen molar-refractivity contribution in [3.05, 3.63) is 46.7 Å². The summed E-state index contributed by atoms with van der Waals surface area (Å²) in [4.78, 5) is 16.6. The molecule has 0 fully saturated rings. The van der Waals surface area contributed by atoms with E-state index in [1.165, 1.54) is 23.9 Å². The Labute approximate surface area is 133 Å². The van der Waals surface area contributed by atoms with Crippen molar-refractivity contribution >= 4 is 45.0 Å². The van der Waals surface area contributed by atoms with Gasteiger partial charge in [0.05, 0.1) is 5.69 Å². The number of primary amides is 1. The highest BCUT2D eigenvalue weighted by Crippen LogP contribution is 2.43. The number of nitrogens with zero attached hydrogens (tertiary/aromatic N) is 1. The zero-order chi connectivity index (χ0) is 15.0. The van der Waals surface area contributed by atoms with Gasteiger partial charge < -0.3 is 5.73 Å². The van der Waals surface area contributed by atoms with Crippen molar-refractivity contribution in [3.63, 3.8) is 0 Å². The molecule has 0 aliphatic carbocycles. The van der Waals surface area contributed by atoms with Crippen LogP contribution in [0.2, 0.25) is 0 Å². The van der Waals surface area contributed by atoms with Crippen LogP contribution in [0, 0.1) is 5.82 Å². The lowest BCUT2D eigenvalue weighted by Gasteiger charge is -2.18. The van der Waals surface area contributed by atoms with Crippen LogP contribution in [0.3, 0.4) is 0 Å². The molecule has 1 heterocycles. The molecule has 21 heavy (non-hydrogen) atoms. The monoisotopic (exact) mass is 364 g/mol. The lowest BCUT2D eigenvalue weighted by atomic mass is 10.0. The summed E-state index contributed by atoms with van der Waals surface area (Å²) >= 11 is 4.95. The first-order valence-electron chi connectivity index (χ1n) is 6.14. The molecule has 0 unspecified atom stereocenters. The summed E-state index contributed by atoms with van der Waals surface area (Å²) in [5.41, 5.74) is 8.21. The minimum Gasteiger partial charge on any atom is -0.365 e. The highest BCUT2D eigenvalue weighted by atomic mass is 79.9. The first-order chi connectivity index (χ1) is 10.0. The number of carbonyl (C=O) groups excluding carboxylic acids is 1. The second-order valence-electron chi connectivity index (χ2n) is 4.52. The number of rotatable bonds is 2. The van der Waals surface area contributed by atoms with Crippen LogP contribution in [0.1, 0.15) is 0 Å². The van der Waals surface area contributed by atoms with Gasteiger partial charge in [-0.05, 0) is 35.4 Å². The second-order valence-corrected chi connectivity index (χ2v) is 6.42. The van der Waals surface area contributed by atoms with Crippen molar-refractivity contribution in [2.45, 2.75) is 4.90 Å². The van der Waals surface area contributed by atoms with Crippen LogP contribution in [-0.4, -0.2) is 17.4 Å². The van der Waals surface area contributed by atoms with Crippen molar-refractivity contribution < 1.29 is 9.18 Å². The van der Waals surface area contributed by atoms with Gasteiger partial charge in [0, 0.05) is 15.1 Å². The van der Waals surface area contributed by atoms with Gasteiger partial charge in [0.15, 0.2) is 0 Å². The Kier molecular flexibility index (Phi) is 3.82. The van der Waals surface area contributed by atoms with Crippen LogP contribution in [0.4, 0.5) is 10.1 Å². The van der Waals surface area contributed by atoms with Gasteiger partial charge in [-0.1, -0.05) is 28.1 Å². The number of fused-ring (bicyclic) bond motifs is 1. The number of carbonyl (C=O) groups is 1. The zero-order valence-electron chi connectivity index (χ0n) is 10.8. The number of benzene rings is 2. The normalized spacial score (nSPS) is 13.5. The molecule has 106 valence electrons. The van der Waals surface area contributed by atoms with Crippen LogP contribution in [-0.2, 0) is 4.79 Å². The third-order valence-corrected chi connectivity index (χ3v) is 4.68. The second kappa shape index (κ2) is 5.61. The molecule has 0 radical (unpaired) electrons. The van der Waals surface area contributed by atoms with Gasteiger partial charge in [-0.15, -0.1) is 11.8 Å². The van der Waals surface area contributed by atoms with E-state index in [0.29, 0.717) is 17.2 Å². The predicted molar refractivity (Wildman–Crippen MR) is 86.5 cm³/mol. The molecule has 3 nitrogen and oxygen atoms in total. The van der Waals surface area contributed by atoms with E-state index in [4.69, 9.17) is 5.73 Å². The molecule has 1 amide bonds. The van der Waals surface area contributed by atoms with Crippen LogP contribution in [0.25, 0.3) is 11.1 Å². The molecule has 1 aliphatic heterocycles. The van der Waals surface area contributed by atoms with Crippen molar-refractivity contribution in [2.24, 2.45) is 10.7 Å². The summed E-state index contributed by atoms with van der Waals surface area (Å²) < 4.78 is 13.9. The summed E-state index contributed by atoms with van der Waals surface area (Å²) in [5.74, 6) is -0.334. The van der Waals surface area contributed by atoms with E-state index in [1.807, 2.05) is 12.1 Å². The Balaban J connectivity index is 2.16. The highest BCUT2D eigenvalue weighted by molar-refractivity contribution is 9.10. The van der Waals surface area contributed by atoms with Gasteiger partial charge in [0.2, 0.25) is 0 Å². The van der Waals surface area contributed by atoms with Gasteiger partial charge >= 0.3 is 0 Å². The maximum Gasteiger partial charge on any atom is 0.263 e. The fourth-order valence-corrected chi connectivity index (χ4v) is 3.62. The molecule has 0 aromatic heterocycles. The summed E-state index contributed by atoms with van der Waals surface area (Å²) in [6.45, 7) is 0. The summed E-state index contributed by atoms with van der Waals surface area (Å²) in [6, 6.07) is 10.1.